The van der Waals surface area contributed by atoms with Crippen molar-refractivity contribution < 1.29 is 14.0 Å². The Morgan fingerprint density at radius 3 is 2.52 bits per heavy atom. The van der Waals surface area contributed by atoms with Crippen LogP contribution in [-0.4, -0.2) is 16.8 Å². The van der Waals surface area contributed by atoms with Crippen molar-refractivity contribution in [1.82, 2.24) is 10.2 Å². The van der Waals surface area contributed by atoms with Crippen molar-refractivity contribution in [1.29, 1.82) is 0 Å². The molecular weight excluding hydrogens is 295 g/mol. The summed E-state index contributed by atoms with van der Waals surface area (Å²) in [4.78, 5) is 25.4. The summed E-state index contributed by atoms with van der Waals surface area (Å²) < 4.78 is 13.7. The van der Waals surface area contributed by atoms with Crippen LogP contribution in [0.5, 0.6) is 0 Å². The molecule has 4 nitrogen and oxygen atoms in total. The molecule has 1 aliphatic heterocycles. The van der Waals surface area contributed by atoms with E-state index in [0.717, 1.165) is 16.0 Å². The van der Waals surface area contributed by atoms with Gasteiger partial charge >= 0.3 is 6.03 Å². The van der Waals surface area contributed by atoms with Gasteiger partial charge in [-0.15, -0.1) is 0 Å². The Labute approximate surface area is 133 Å². The molecule has 3 rings (SSSR count). The molecule has 5 heteroatoms. The first kappa shape index (κ1) is 15.0. The molecule has 0 aliphatic carbocycles. The predicted octanol–water partition coefficient (Wildman–Crippen LogP) is 3.23. The first-order chi connectivity index (χ1) is 11.1. The molecule has 1 aliphatic rings. The van der Waals surface area contributed by atoms with E-state index in [-0.39, 0.29) is 12.2 Å². The summed E-state index contributed by atoms with van der Waals surface area (Å²) in [6, 6.07) is 13.1. The average Bonchev–Trinajstić information content (AvgIpc) is 2.79. The molecule has 116 valence electrons. The van der Waals surface area contributed by atoms with Crippen LogP contribution in [0.3, 0.4) is 0 Å². The van der Waals surface area contributed by atoms with Crippen molar-refractivity contribution in [2.75, 3.05) is 0 Å². The zero-order valence-corrected chi connectivity index (χ0v) is 12.5. The lowest BCUT2D eigenvalue weighted by Gasteiger charge is -2.12. The first-order valence-electron chi connectivity index (χ1n) is 7.20. The number of nitrogens with one attached hydrogen (secondary N) is 1. The Hall–Kier alpha value is -2.95. The Morgan fingerprint density at radius 1 is 1.09 bits per heavy atom. The van der Waals surface area contributed by atoms with Crippen molar-refractivity contribution >= 4 is 18.0 Å². The lowest BCUT2D eigenvalue weighted by Crippen LogP contribution is -2.30. The Bertz CT molecular complexity index is 814. The van der Waals surface area contributed by atoms with Crippen LogP contribution >= 0.6 is 0 Å². The van der Waals surface area contributed by atoms with Gasteiger partial charge in [-0.3, -0.25) is 9.69 Å². The number of aryl methyl sites for hydroxylation is 1. The predicted molar refractivity (Wildman–Crippen MR) is 84.6 cm³/mol. The van der Waals surface area contributed by atoms with E-state index in [4.69, 9.17) is 0 Å². The van der Waals surface area contributed by atoms with Gasteiger partial charge in [0.15, 0.2) is 0 Å². The number of halogens is 1. The maximum atomic E-state index is 13.7. The molecule has 0 bridgehead atoms. The van der Waals surface area contributed by atoms with Gasteiger partial charge in [-0.25, -0.2) is 9.18 Å². The average molecular weight is 310 g/mol. The fourth-order valence-corrected chi connectivity index (χ4v) is 2.42. The summed E-state index contributed by atoms with van der Waals surface area (Å²) in [5.41, 5.74) is 2.34. The second kappa shape index (κ2) is 6.04. The zero-order chi connectivity index (χ0) is 16.4. The van der Waals surface area contributed by atoms with Crippen LogP contribution in [0.15, 0.2) is 54.2 Å². The van der Waals surface area contributed by atoms with E-state index < -0.39 is 17.8 Å². The van der Waals surface area contributed by atoms with Crippen LogP contribution in [0.25, 0.3) is 6.08 Å². The highest BCUT2D eigenvalue weighted by molar-refractivity contribution is 6.13. The summed E-state index contributed by atoms with van der Waals surface area (Å²) >= 11 is 0. The maximum Gasteiger partial charge on any atom is 0.329 e. The number of urea groups is 1. The van der Waals surface area contributed by atoms with Gasteiger partial charge in [0.05, 0.1) is 6.54 Å². The minimum atomic E-state index is -0.543. The molecule has 0 spiro atoms. The summed E-state index contributed by atoms with van der Waals surface area (Å²) in [5, 5.41) is 2.55. The normalized spacial score (nSPS) is 16.1. The van der Waals surface area contributed by atoms with Gasteiger partial charge < -0.3 is 5.32 Å². The second-order valence-electron chi connectivity index (χ2n) is 5.33. The molecular formula is C18H15FN2O2. The fraction of sp³-hybridized carbons (Fsp3) is 0.111. The molecule has 1 heterocycles. The second-order valence-corrected chi connectivity index (χ2v) is 5.33. The Morgan fingerprint density at radius 2 is 1.78 bits per heavy atom. The standard InChI is InChI=1S/C18H15FN2O2/c1-12-6-2-3-7-13(12)10-16-17(22)21(18(23)20-16)11-14-8-4-5-9-15(14)19/h2-10H,11H2,1H3,(H,20,23)/b16-10-. The molecule has 3 amide bonds. The van der Waals surface area contributed by atoms with Gasteiger partial charge in [-0.2, -0.15) is 0 Å². The molecule has 1 saturated heterocycles. The monoisotopic (exact) mass is 310 g/mol. The van der Waals surface area contributed by atoms with Crippen LogP contribution in [0, 0.1) is 12.7 Å². The van der Waals surface area contributed by atoms with E-state index in [2.05, 4.69) is 5.32 Å². The number of imide groups is 1. The Balaban J connectivity index is 1.86. The minimum Gasteiger partial charge on any atom is -0.303 e. The summed E-state index contributed by atoms with van der Waals surface area (Å²) in [5.74, 6) is -0.897. The van der Waals surface area contributed by atoms with Crippen LogP contribution in [0.1, 0.15) is 16.7 Å². The molecule has 1 fully saturated rings. The van der Waals surface area contributed by atoms with Gasteiger partial charge in [0.1, 0.15) is 11.5 Å². The third-order valence-electron chi connectivity index (χ3n) is 3.74. The number of hydrogen-bond acceptors (Lipinski definition) is 2. The number of hydrogen-bond donors (Lipinski definition) is 1. The molecule has 0 aromatic heterocycles. The molecule has 2 aromatic rings. The third-order valence-corrected chi connectivity index (χ3v) is 3.74. The van der Waals surface area contributed by atoms with Crippen LogP contribution in [-0.2, 0) is 11.3 Å². The van der Waals surface area contributed by atoms with Gasteiger partial charge in [-0.05, 0) is 30.2 Å². The number of amides is 3. The van der Waals surface area contributed by atoms with Crippen molar-refractivity contribution in [3.63, 3.8) is 0 Å². The summed E-state index contributed by atoms with van der Waals surface area (Å²) in [7, 11) is 0. The van der Waals surface area contributed by atoms with E-state index >= 15 is 0 Å². The van der Waals surface area contributed by atoms with Gasteiger partial charge in [-0.1, -0.05) is 42.5 Å². The number of nitrogens with zero attached hydrogens (tertiary/aromatic N) is 1. The topological polar surface area (TPSA) is 49.4 Å². The molecule has 0 atom stereocenters. The minimum absolute atomic E-state index is 0.0948. The van der Waals surface area contributed by atoms with Gasteiger partial charge in [0.2, 0.25) is 0 Å². The molecule has 0 unspecified atom stereocenters. The van der Waals surface area contributed by atoms with E-state index in [1.54, 1.807) is 24.3 Å². The smallest absolute Gasteiger partial charge is 0.303 e. The molecule has 2 aromatic carbocycles. The van der Waals surface area contributed by atoms with Crippen LogP contribution in [0.2, 0.25) is 0 Å². The maximum absolute atomic E-state index is 13.7. The van der Waals surface area contributed by atoms with Crippen LogP contribution < -0.4 is 5.32 Å². The van der Waals surface area contributed by atoms with Crippen molar-refractivity contribution in [3.05, 3.63) is 76.7 Å². The summed E-state index contributed by atoms with van der Waals surface area (Å²) in [6.07, 6.45) is 1.64. The van der Waals surface area contributed by atoms with E-state index in [1.807, 2.05) is 31.2 Å². The highest BCUT2D eigenvalue weighted by Gasteiger charge is 2.33. The number of rotatable bonds is 3. The first-order valence-corrected chi connectivity index (χ1v) is 7.20. The van der Waals surface area contributed by atoms with E-state index in [1.165, 1.54) is 6.07 Å². The molecule has 1 N–H and O–H groups in total. The number of carbonyl (C=O) groups is 2. The highest BCUT2D eigenvalue weighted by Crippen LogP contribution is 2.19. The van der Waals surface area contributed by atoms with Crippen molar-refractivity contribution in [2.45, 2.75) is 13.5 Å². The van der Waals surface area contributed by atoms with Gasteiger partial charge in [0, 0.05) is 5.56 Å². The molecule has 0 radical (unpaired) electrons. The van der Waals surface area contributed by atoms with Crippen LogP contribution in [0.4, 0.5) is 9.18 Å². The highest BCUT2D eigenvalue weighted by atomic mass is 19.1. The quantitative estimate of drug-likeness (QED) is 0.699. The Kier molecular flexibility index (Phi) is 3.93. The summed E-state index contributed by atoms with van der Waals surface area (Å²) in [6.45, 7) is 1.83. The largest absolute Gasteiger partial charge is 0.329 e. The number of carbonyl (C=O) groups excluding carboxylic acids is 2. The zero-order valence-electron chi connectivity index (χ0n) is 12.5. The lowest BCUT2D eigenvalue weighted by molar-refractivity contribution is -0.123. The van der Waals surface area contributed by atoms with Crippen molar-refractivity contribution in [3.8, 4) is 0 Å². The SMILES string of the molecule is Cc1ccccc1/C=C1\NC(=O)N(Cc2ccccc2F)C1=O. The lowest BCUT2D eigenvalue weighted by atomic mass is 10.1. The number of benzene rings is 2. The fourth-order valence-electron chi connectivity index (χ4n) is 2.42. The van der Waals surface area contributed by atoms with Crippen molar-refractivity contribution in [2.24, 2.45) is 0 Å². The van der Waals surface area contributed by atoms with Gasteiger partial charge in [0.25, 0.3) is 5.91 Å². The van der Waals surface area contributed by atoms with E-state index in [0.29, 0.717) is 5.56 Å². The van der Waals surface area contributed by atoms with E-state index in [9.17, 15) is 14.0 Å². The molecule has 0 saturated carbocycles. The molecule has 23 heavy (non-hydrogen) atoms. The third kappa shape index (κ3) is 2.99.